The number of amides is 1. The van der Waals surface area contributed by atoms with E-state index in [9.17, 15) is 4.79 Å². The highest BCUT2D eigenvalue weighted by atomic mass is 35.5. The molecule has 2 heterocycles. The van der Waals surface area contributed by atoms with Crippen molar-refractivity contribution >= 4 is 36.4 Å². The number of methoxy groups -OCH3 is 1. The molecule has 3 rings (SSSR count). The number of carbonyl (C=O) groups is 1. The third kappa shape index (κ3) is 6.24. The van der Waals surface area contributed by atoms with Crippen molar-refractivity contribution in [1.29, 1.82) is 0 Å². The third-order valence-corrected chi connectivity index (χ3v) is 4.15. The number of anilines is 1. The van der Waals surface area contributed by atoms with Gasteiger partial charge in [0.05, 0.1) is 19.8 Å². The molecule has 2 N–H and O–H groups in total. The molecule has 1 aromatic carbocycles. The van der Waals surface area contributed by atoms with E-state index in [1.54, 1.807) is 37.7 Å². The standard InChI is InChI=1S/C19H23N3O4.2ClH/c1-13-18(21-8-9-25-13)19(23)22-15-5-6-16(24-2)17(10-15)26-12-14-4-3-7-20-11-14;;/h3-7,10-11,13,18,21H,8-9,12H2,1-2H3,(H,22,23);2*1H/t13-,18+;;/m1../s1. The molecule has 2 atom stereocenters. The molecule has 1 amide bonds. The van der Waals surface area contributed by atoms with E-state index in [1.165, 1.54) is 0 Å². The molecule has 2 aromatic rings. The summed E-state index contributed by atoms with van der Waals surface area (Å²) >= 11 is 0. The number of morpholine rings is 1. The summed E-state index contributed by atoms with van der Waals surface area (Å²) in [5.41, 5.74) is 1.58. The van der Waals surface area contributed by atoms with Gasteiger partial charge in [0, 0.05) is 36.3 Å². The van der Waals surface area contributed by atoms with Crippen LogP contribution >= 0.6 is 24.8 Å². The molecule has 0 unspecified atom stereocenters. The zero-order valence-electron chi connectivity index (χ0n) is 15.7. The summed E-state index contributed by atoms with van der Waals surface area (Å²) in [6.07, 6.45) is 3.28. The lowest BCUT2D eigenvalue weighted by Crippen LogP contribution is -2.53. The molecule has 154 valence electrons. The maximum atomic E-state index is 12.5. The number of rotatable bonds is 6. The summed E-state index contributed by atoms with van der Waals surface area (Å²) < 4.78 is 16.7. The van der Waals surface area contributed by atoms with Gasteiger partial charge in [0.1, 0.15) is 12.6 Å². The Hall–Kier alpha value is -2.06. The molecule has 1 saturated heterocycles. The quantitative estimate of drug-likeness (QED) is 0.734. The zero-order valence-corrected chi connectivity index (χ0v) is 17.3. The lowest BCUT2D eigenvalue weighted by atomic mass is 10.1. The zero-order chi connectivity index (χ0) is 18.4. The van der Waals surface area contributed by atoms with Crippen LogP contribution in [0.15, 0.2) is 42.7 Å². The van der Waals surface area contributed by atoms with Gasteiger partial charge in [0.15, 0.2) is 11.5 Å². The van der Waals surface area contributed by atoms with Crippen molar-refractivity contribution in [3.8, 4) is 11.5 Å². The molecule has 1 aliphatic rings. The largest absolute Gasteiger partial charge is 0.493 e. The van der Waals surface area contributed by atoms with Crippen LogP contribution in [0.3, 0.4) is 0 Å². The van der Waals surface area contributed by atoms with Crippen molar-refractivity contribution in [3.05, 3.63) is 48.3 Å². The molecule has 28 heavy (non-hydrogen) atoms. The van der Waals surface area contributed by atoms with Crippen molar-refractivity contribution in [2.24, 2.45) is 0 Å². The van der Waals surface area contributed by atoms with Crippen LogP contribution < -0.4 is 20.1 Å². The number of aromatic nitrogens is 1. The van der Waals surface area contributed by atoms with E-state index in [2.05, 4.69) is 15.6 Å². The van der Waals surface area contributed by atoms with Crippen molar-refractivity contribution in [2.45, 2.75) is 25.7 Å². The van der Waals surface area contributed by atoms with Crippen LogP contribution in [0.1, 0.15) is 12.5 Å². The maximum Gasteiger partial charge on any atom is 0.244 e. The molecule has 0 bridgehead atoms. The number of pyridine rings is 1. The number of carbonyl (C=O) groups excluding carboxylic acids is 1. The fraction of sp³-hybridized carbons (Fsp3) is 0.368. The number of halogens is 2. The minimum atomic E-state index is -0.384. The minimum Gasteiger partial charge on any atom is -0.493 e. The summed E-state index contributed by atoms with van der Waals surface area (Å²) in [7, 11) is 1.58. The van der Waals surface area contributed by atoms with Crippen LogP contribution in [-0.4, -0.2) is 43.3 Å². The predicted molar refractivity (Wildman–Crippen MR) is 112 cm³/mol. The molecular weight excluding hydrogens is 405 g/mol. The Balaban J connectivity index is 0.00000196. The van der Waals surface area contributed by atoms with Crippen LogP contribution in [-0.2, 0) is 16.1 Å². The summed E-state index contributed by atoms with van der Waals surface area (Å²) in [5, 5.41) is 6.08. The number of ether oxygens (including phenoxy) is 3. The van der Waals surface area contributed by atoms with Gasteiger partial charge < -0.3 is 24.8 Å². The lowest BCUT2D eigenvalue weighted by Gasteiger charge is -2.29. The second kappa shape index (κ2) is 11.7. The molecule has 0 aliphatic carbocycles. The number of nitrogens with zero attached hydrogens (tertiary/aromatic N) is 1. The predicted octanol–water partition coefficient (Wildman–Crippen LogP) is 2.83. The Morgan fingerprint density at radius 2 is 2.14 bits per heavy atom. The molecule has 0 radical (unpaired) electrons. The van der Waals surface area contributed by atoms with Crippen molar-refractivity contribution in [1.82, 2.24) is 10.3 Å². The SMILES string of the molecule is COc1ccc(NC(=O)[C@H]2NCCO[C@@H]2C)cc1OCc1cccnc1.Cl.Cl. The Bertz CT molecular complexity index is 749. The highest BCUT2D eigenvalue weighted by Crippen LogP contribution is 2.31. The van der Waals surface area contributed by atoms with Gasteiger partial charge in [-0.3, -0.25) is 9.78 Å². The maximum absolute atomic E-state index is 12.5. The van der Waals surface area contributed by atoms with Gasteiger partial charge in [0.25, 0.3) is 0 Å². The first-order chi connectivity index (χ1) is 12.7. The summed E-state index contributed by atoms with van der Waals surface area (Å²) in [4.78, 5) is 16.6. The molecule has 1 aromatic heterocycles. The van der Waals surface area contributed by atoms with E-state index in [0.29, 0.717) is 36.9 Å². The minimum absolute atomic E-state index is 0. The van der Waals surface area contributed by atoms with Gasteiger partial charge in [0.2, 0.25) is 5.91 Å². The van der Waals surface area contributed by atoms with E-state index in [4.69, 9.17) is 14.2 Å². The van der Waals surface area contributed by atoms with Crippen molar-refractivity contribution in [3.63, 3.8) is 0 Å². The number of hydrogen-bond donors (Lipinski definition) is 2. The molecule has 0 saturated carbocycles. The topological polar surface area (TPSA) is 81.7 Å². The molecular formula is C19H25Cl2N3O4. The monoisotopic (exact) mass is 429 g/mol. The lowest BCUT2D eigenvalue weighted by molar-refractivity contribution is -0.123. The first kappa shape index (κ1) is 24.0. The van der Waals surface area contributed by atoms with Gasteiger partial charge in [-0.15, -0.1) is 24.8 Å². The Kier molecular flexibility index (Phi) is 10.0. The second-order valence-corrected chi connectivity index (χ2v) is 6.01. The molecule has 7 nitrogen and oxygen atoms in total. The average Bonchev–Trinajstić information content (AvgIpc) is 2.67. The van der Waals surface area contributed by atoms with Crippen molar-refractivity contribution < 1.29 is 19.0 Å². The van der Waals surface area contributed by atoms with Crippen LogP contribution in [0.2, 0.25) is 0 Å². The van der Waals surface area contributed by atoms with Gasteiger partial charge in [-0.1, -0.05) is 6.07 Å². The first-order valence-corrected chi connectivity index (χ1v) is 8.53. The summed E-state index contributed by atoms with van der Waals surface area (Å²) in [5.74, 6) is 1.01. The Labute approximate surface area is 177 Å². The van der Waals surface area contributed by atoms with Crippen LogP contribution in [0.5, 0.6) is 11.5 Å². The highest BCUT2D eigenvalue weighted by molar-refractivity contribution is 5.95. The van der Waals surface area contributed by atoms with Gasteiger partial charge >= 0.3 is 0 Å². The van der Waals surface area contributed by atoms with E-state index < -0.39 is 0 Å². The fourth-order valence-electron chi connectivity index (χ4n) is 2.76. The van der Waals surface area contributed by atoms with E-state index >= 15 is 0 Å². The van der Waals surface area contributed by atoms with Gasteiger partial charge in [-0.2, -0.15) is 0 Å². The molecule has 1 fully saturated rings. The third-order valence-electron chi connectivity index (χ3n) is 4.15. The Morgan fingerprint density at radius 3 is 2.82 bits per heavy atom. The van der Waals surface area contributed by atoms with E-state index in [0.717, 1.165) is 5.56 Å². The molecule has 0 spiro atoms. The van der Waals surface area contributed by atoms with Crippen LogP contribution in [0.4, 0.5) is 5.69 Å². The van der Waals surface area contributed by atoms with Crippen LogP contribution in [0.25, 0.3) is 0 Å². The Morgan fingerprint density at radius 1 is 1.32 bits per heavy atom. The number of hydrogen-bond acceptors (Lipinski definition) is 6. The smallest absolute Gasteiger partial charge is 0.244 e. The normalized spacial score (nSPS) is 18.2. The molecule has 1 aliphatic heterocycles. The molecule has 9 heteroatoms. The summed E-state index contributed by atoms with van der Waals surface area (Å²) in [6, 6.07) is 8.70. The van der Waals surface area contributed by atoms with Crippen LogP contribution in [0, 0.1) is 0 Å². The van der Waals surface area contributed by atoms with E-state index in [-0.39, 0.29) is 42.9 Å². The summed E-state index contributed by atoms with van der Waals surface area (Å²) in [6.45, 7) is 3.51. The van der Waals surface area contributed by atoms with Gasteiger partial charge in [-0.25, -0.2) is 0 Å². The fourth-order valence-corrected chi connectivity index (χ4v) is 2.76. The van der Waals surface area contributed by atoms with Gasteiger partial charge in [-0.05, 0) is 25.1 Å². The number of nitrogens with one attached hydrogen (secondary N) is 2. The van der Waals surface area contributed by atoms with Crippen molar-refractivity contribution in [2.75, 3.05) is 25.6 Å². The number of benzene rings is 1. The first-order valence-electron chi connectivity index (χ1n) is 8.53. The highest BCUT2D eigenvalue weighted by Gasteiger charge is 2.28. The average molecular weight is 430 g/mol. The van der Waals surface area contributed by atoms with E-state index in [1.807, 2.05) is 19.1 Å². The second-order valence-electron chi connectivity index (χ2n) is 6.01.